The third-order valence-electron chi connectivity index (χ3n) is 4.23. The van der Waals surface area contributed by atoms with Crippen LogP contribution in [0.15, 0.2) is 48.5 Å². The number of anilines is 2. The first-order valence-electron chi connectivity index (χ1n) is 9.28. The minimum absolute atomic E-state index is 0.157. The molecular weight excluding hydrogens is 356 g/mol. The molecule has 148 valence electrons. The summed E-state index contributed by atoms with van der Waals surface area (Å²) in [7, 11) is 0. The Bertz CT molecular complexity index is 861. The van der Waals surface area contributed by atoms with Crippen LogP contribution in [0.2, 0.25) is 0 Å². The van der Waals surface area contributed by atoms with Crippen molar-refractivity contribution in [3.8, 4) is 0 Å². The van der Waals surface area contributed by atoms with Gasteiger partial charge in [-0.25, -0.2) is 4.79 Å². The molecule has 2 rings (SSSR count). The van der Waals surface area contributed by atoms with Crippen molar-refractivity contribution in [1.29, 1.82) is 0 Å². The number of hydrogen-bond acceptors (Lipinski definition) is 4. The van der Waals surface area contributed by atoms with E-state index in [0.717, 1.165) is 5.56 Å². The van der Waals surface area contributed by atoms with E-state index in [-0.39, 0.29) is 30.5 Å². The lowest BCUT2D eigenvalue weighted by atomic mass is 10.0. The van der Waals surface area contributed by atoms with E-state index in [9.17, 15) is 14.4 Å². The van der Waals surface area contributed by atoms with Gasteiger partial charge in [0.2, 0.25) is 11.8 Å². The highest BCUT2D eigenvalue weighted by Crippen LogP contribution is 2.27. The molecule has 0 spiro atoms. The Morgan fingerprint density at radius 3 is 2.32 bits per heavy atom. The van der Waals surface area contributed by atoms with Gasteiger partial charge < -0.3 is 15.0 Å². The van der Waals surface area contributed by atoms with E-state index in [0.29, 0.717) is 11.4 Å². The Hall–Kier alpha value is -3.15. The summed E-state index contributed by atoms with van der Waals surface area (Å²) in [5, 5.41) is 2.72. The van der Waals surface area contributed by atoms with E-state index >= 15 is 0 Å². The highest BCUT2D eigenvalue weighted by atomic mass is 16.5. The molecule has 0 aliphatic heterocycles. The smallest absolute Gasteiger partial charge is 0.340 e. The summed E-state index contributed by atoms with van der Waals surface area (Å²) in [4.78, 5) is 38.4. The van der Waals surface area contributed by atoms with Gasteiger partial charge in [-0.2, -0.15) is 0 Å². The number of hydrogen-bond donors (Lipinski definition) is 1. The second kappa shape index (κ2) is 9.69. The monoisotopic (exact) mass is 382 g/mol. The molecular formula is C22H26N2O4. The third-order valence-corrected chi connectivity index (χ3v) is 4.23. The van der Waals surface area contributed by atoms with Gasteiger partial charge in [0.25, 0.3) is 0 Å². The lowest BCUT2D eigenvalue weighted by molar-refractivity contribution is -0.120. The number of rotatable bonds is 7. The first kappa shape index (κ1) is 21.2. The average Bonchev–Trinajstić information content (AvgIpc) is 2.66. The van der Waals surface area contributed by atoms with Gasteiger partial charge in [0.05, 0.1) is 17.9 Å². The Kier molecular flexibility index (Phi) is 7.32. The van der Waals surface area contributed by atoms with Crippen LogP contribution in [-0.4, -0.2) is 30.9 Å². The van der Waals surface area contributed by atoms with Gasteiger partial charge in [-0.15, -0.1) is 0 Å². The van der Waals surface area contributed by atoms with E-state index in [1.807, 2.05) is 38.1 Å². The predicted octanol–water partition coefficient (Wildman–Crippen LogP) is 3.98. The van der Waals surface area contributed by atoms with E-state index in [1.165, 1.54) is 11.8 Å². The van der Waals surface area contributed by atoms with Crippen molar-refractivity contribution < 1.29 is 19.1 Å². The molecule has 0 atom stereocenters. The number of ether oxygens (including phenoxy) is 1. The van der Waals surface area contributed by atoms with Crippen molar-refractivity contribution in [1.82, 2.24) is 0 Å². The number of nitrogens with one attached hydrogen (secondary N) is 1. The highest BCUT2D eigenvalue weighted by molar-refractivity contribution is 6.05. The quantitative estimate of drug-likeness (QED) is 0.735. The molecule has 0 fully saturated rings. The molecule has 6 nitrogen and oxygen atoms in total. The van der Waals surface area contributed by atoms with E-state index in [4.69, 9.17) is 4.74 Å². The van der Waals surface area contributed by atoms with Gasteiger partial charge in [0.1, 0.15) is 6.54 Å². The van der Waals surface area contributed by atoms with Crippen molar-refractivity contribution in [2.24, 2.45) is 0 Å². The fourth-order valence-corrected chi connectivity index (χ4v) is 2.90. The number of carbonyl (C=O) groups is 3. The molecule has 0 radical (unpaired) electrons. The molecule has 0 aliphatic carbocycles. The van der Waals surface area contributed by atoms with Gasteiger partial charge in [-0.3, -0.25) is 9.59 Å². The molecule has 6 heteroatoms. The summed E-state index contributed by atoms with van der Waals surface area (Å²) in [6.45, 7) is 7.30. The molecule has 0 aromatic heterocycles. The molecule has 2 amide bonds. The topological polar surface area (TPSA) is 75.7 Å². The molecule has 0 aliphatic rings. The van der Waals surface area contributed by atoms with Crippen molar-refractivity contribution in [3.63, 3.8) is 0 Å². The molecule has 2 aromatic rings. The van der Waals surface area contributed by atoms with E-state index in [1.54, 1.807) is 31.2 Å². The van der Waals surface area contributed by atoms with Crippen LogP contribution in [0, 0.1) is 0 Å². The zero-order valence-corrected chi connectivity index (χ0v) is 16.7. The minimum atomic E-state index is -0.507. The van der Waals surface area contributed by atoms with Gasteiger partial charge >= 0.3 is 5.97 Å². The Balaban J connectivity index is 2.24. The molecule has 28 heavy (non-hydrogen) atoms. The summed E-state index contributed by atoms with van der Waals surface area (Å²) in [6, 6.07) is 14.2. The second-order valence-corrected chi connectivity index (χ2v) is 6.63. The van der Waals surface area contributed by atoms with Crippen molar-refractivity contribution in [2.75, 3.05) is 23.4 Å². The van der Waals surface area contributed by atoms with Gasteiger partial charge in [-0.05, 0) is 36.6 Å². The molecule has 0 unspecified atom stereocenters. The van der Waals surface area contributed by atoms with Gasteiger partial charge in [0.15, 0.2) is 0 Å². The molecule has 2 aromatic carbocycles. The first-order chi connectivity index (χ1) is 13.3. The van der Waals surface area contributed by atoms with Crippen LogP contribution in [0.3, 0.4) is 0 Å². The average molecular weight is 382 g/mol. The van der Waals surface area contributed by atoms with Crippen molar-refractivity contribution in [3.05, 3.63) is 59.7 Å². The minimum Gasteiger partial charge on any atom is -0.462 e. The lowest BCUT2D eigenvalue weighted by Gasteiger charge is -2.25. The number of carbonyl (C=O) groups excluding carboxylic acids is 3. The van der Waals surface area contributed by atoms with E-state index in [2.05, 4.69) is 5.32 Å². The van der Waals surface area contributed by atoms with Crippen LogP contribution in [0.5, 0.6) is 0 Å². The van der Waals surface area contributed by atoms with E-state index < -0.39 is 11.9 Å². The normalized spacial score (nSPS) is 10.5. The number of benzene rings is 2. The predicted molar refractivity (Wildman–Crippen MR) is 110 cm³/mol. The maximum absolute atomic E-state index is 12.7. The maximum atomic E-state index is 12.7. The Morgan fingerprint density at radius 1 is 1.04 bits per heavy atom. The van der Waals surface area contributed by atoms with Crippen LogP contribution in [0.25, 0.3) is 0 Å². The fraction of sp³-hybridized carbons (Fsp3) is 0.318. The lowest BCUT2D eigenvalue weighted by Crippen LogP contribution is -2.37. The van der Waals surface area contributed by atoms with Crippen LogP contribution >= 0.6 is 0 Å². The van der Waals surface area contributed by atoms with Crippen molar-refractivity contribution in [2.45, 2.75) is 33.6 Å². The molecule has 0 saturated heterocycles. The summed E-state index contributed by atoms with van der Waals surface area (Å²) < 4.78 is 5.03. The standard InChI is InChI=1S/C22H26N2O4/c1-5-28-22(27)18-11-6-8-12-19(18)23-21(26)14-24(16(4)25)20-13-9-7-10-17(20)15(2)3/h6-13,15H,5,14H2,1-4H3,(H,23,26). The zero-order chi connectivity index (χ0) is 20.7. The SMILES string of the molecule is CCOC(=O)c1ccccc1NC(=O)CN(C(C)=O)c1ccccc1C(C)C. The van der Waals surface area contributed by atoms with Crippen LogP contribution < -0.4 is 10.2 Å². The summed E-state index contributed by atoms with van der Waals surface area (Å²) in [6.07, 6.45) is 0. The third kappa shape index (κ3) is 5.19. The fourth-order valence-electron chi connectivity index (χ4n) is 2.90. The molecule has 0 heterocycles. The molecule has 0 bridgehead atoms. The molecule has 1 N–H and O–H groups in total. The summed E-state index contributed by atoms with van der Waals surface area (Å²) in [5.74, 6) is -0.940. The Labute approximate surface area is 165 Å². The van der Waals surface area contributed by atoms with Crippen LogP contribution in [-0.2, 0) is 14.3 Å². The van der Waals surface area contributed by atoms with Crippen LogP contribution in [0.4, 0.5) is 11.4 Å². The van der Waals surface area contributed by atoms with Crippen LogP contribution in [0.1, 0.15) is 49.5 Å². The maximum Gasteiger partial charge on any atom is 0.340 e. The van der Waals surface area contributed by atoms with Gasteiger partial charge in [0, 0.05) is 12.6 Å². The van der Waals surface area contributed by atoms with Gasteiger partial charge in [-0.1, -0.05) is 44.2 Å². The van der Waals surface area contributed by atoms with Crippen molar-refractivity contribution >= 4 is 29.2 Å². The second-order valence-electron chi connectivity index (χ2n) is 6.63. The first-order valence-corrected chi connectivity index (χ1v) is 9.28. The largest absolute Gasteiger partial charge is 0.462 e. The number of esters is 1. The number of para-hydroxylation sites is 2. The summed E-state index contributed by atoms with van der Waals surface area (Å²) in [5.41, 5.74) is 2.32. The number of amides is 2. The Morgan fingerprint density at radius 2 is 1.68 bits per heavy atom. The highest BCUT2D eigenvalue weighted by Gasteiger charge is 2.21. The number of nitrogens with zero attached hydrogens (tertiary/aromatic N) is 1. The summed E-state index contributed by atoms with van der Waals surface area (Å²) >= 11 is 0. The zero-order valence-electron chi connectivity index (χ0n) is 16.7. The molecule has 0 saturated carbocycles.